The number of benzene rings is 2. The lowest BCUT2D eigenvalue weighted by Crippen LogP contribution is -2.04. The summed E-state index contributed by atoms with van der Waals surface area (Å²) in [4.78, 5) is 10.8. The van der Waals surface area contributed by atoms with Gasteiger partial charge in [0.15, 0.2) is 0 Å². The summed E-state index contributed by atoms with van der Waals surface area (Å²) in [5, 5.41) is 8.83. The van der Waals surface area contributed by atoms with Crippen molar-refractivity contribution in [1.82, 2.24) is 0 Å². The molecule has 2 aromatic rings. The topological polar surface area (TPSA) is 46.5 Å². The van der Waals surface area contributed by atoms with Crippen molar-refractivity contribution < 1.29 is 14.6 Å². The minimum atomic E-state index is -0.878. The first-order chi connectivity index (χ1) is 9.75. The molecule has 0 fully saturated rings. The molecular formula is C17H14O3. The maximum Gasteiger partial charge on any atom is 0.307 e. The van der Waals surface area contributed by atoms with E-state index in [1.165, 1.54) is 0 Å². The molecule has 0 unspecified atom stereocenters. The molecule has 0 heterocycles. The van der Waals surface area contributed by atoms with Crippen LogP contribution >= 0.6 is 0 Å². The predicted octanol–water partition coefficient (Wildman–Crippen LogP) is 2.74. The molecule has 2 rings (SSSR count). The Morgan fingerprint density at radius 1 is 1.05 bits per heavy atom. The van der Waals surface area contributed by atoms with Gasteiger partial charge in [-0.1, -0.05) is 48.2 Å². The third-order valence-corrected chi connectivity index (χ3v) is 2.62. The van der Waals surface area contributed by atoms with Gasteiger partial charge in [0.05, 0.1) is 6.42 Å². The first-order valence-electron chi connectivity index (χ1n) is 6.22. The second-order valence-electron chi connectivity index (χ2n) is 4.13. The summed E-state index contributed by atoms with van der Waals surface area (Å²) in [6.45, 7) is 0.228. The number of hydrogen-bond donors (Lipinski definition) is 1. The van der Waals surface area contributed by atoms with Crippen LogP contribution in [0.3, 0.4) is 0 Å². The van der Waals surface area contributed by atoms with E-state index in [2.05, 4.69) is 11.8 Å². The van der Waals surface area contributed by atoms with Crippen molar-refractivity contribution in [3.63, 3.8) is 0 Å². The van der Waals surface area contributed by atoms with Crippen LogP contribution in [0.5, 0.6) is 5.75 Å². The Bertz CT molecular complexity index is 636. The van der Waals surface area contributed by atoms with Gasteiger partial charge in [-0.2, -0.15) is 0 Å². The van der Waals surface area contributed by atoms with E-state index >= 15 is 0 Å². The van der Waals surface area contributed by atoms with Crippen LogP contribution in [-0.4, -0.2) is 17.7 Å². The fourth-order valence-corrected chi connectivity index (χ4v) is 1.73. The van der Waals surface area contributed by atoms with Gasteiger partial charge >= 0.3 is 5.97 Å². The zero-order chi connectivity index (χ0) is 14.2. The lowest BCUT2D eigenvalue weighted by atomic mass is 10.1. The smallest absolute Gasteiger partial charge is 0.307 e. The highest BCUT2D eigenvalue weighted by Crippen LogP contribution is 2.18. The third kappa shape index (κ3) is 4.18. The van der Waals surface area contributed by atoms with Crippen LogP contribution in [-0.2, 0) is 11.2 Å². The van der Waals surface area contributed by atoms with Crippen molar-refractivity contribution in [3.05, 3.63) is 65.7 Å². The summed E-state index contributed by atoms with van der Waals surface area (Å²) < 4.78 is 5.52. The quantitative estimate of drug-likeness (QED) is 0.865. The van der Waals surface area contributed by atoms with Gasteiger partial charge in [0.2, 0.25) is 0 Å². The molecule has 0 aliphatic heterocycles. The Morgan fingerprint density at radius 2 is 1.75 bits per heavy atom. The highest BCUT2D eigenvalue weighted by Gasteiger charge is 2.06. The number of hydrogen-bond acceptors (Lipinski definition) is 2. The molecule has 100 valence electrons. The van der Waals surface area contributed by atoms with Crippen LogP contribution in [0.2, 0.25) is 0 Å². The molecule has 0 aliphatic rings. The molecule has 0 radical (unpaired) electrons. The van der Waals surface area contributed by atoms with Crippen LogP contribution in [0.4, 0.5) is 0 Å². The fourth-order valence-electron chi connectivity index (χ4n) is 1.73. The van der Waals surface area contributed by atoms with Crippen LogP contribution in [0.1, 0.15) is 11.1 Å². The number of carboxylic acid groups (broad SMARTS) is 1. The molecular weight excluding hydrogens is 252 g/mol. The minimum absolute atomic E-state index is 0.0533. The normalized spacial score (nSPS) is 9.40. The lowest BCUT2D eigenvalue weighted by molar-refractivity contribution is -0.136. The summed E-state index contributed by atoms with van der Waals surface area (Å²) in [5.41, 5.74) is 1.58. The molecule has 0 aromatic heterocycles. The van der Waals surface area contributed by atoms with Gasteiger partial charge in [0.1, 0.15) is 12.4 Å². The van der Waals surface area contributed by atoms with Gasteiger partial charge in [-0.3, -0.25) is 4.79 Å². The number of carbonyl (C=O) groups is 1. The molecule has 2 aromatic carbocycles. The van der Waals surface area contributed by atoms with Crippen LogP contribution in [0, 0.1) is 11.8 Å². The summed E-state index contributed by atoms with van der Waals surface area (Å²) in [6, 6.07) is 16.7. The monoisotopic (exact) mass is 266 g/mol. The largest absolute Gasteiger partial charge is 0.481 e. The molecule has 0 saturated carbocycles. The molecule has 0 bridgehead atoms. The van der Waals surface area contributed by atoms with E-state index in [-0.39, 0.29) is 13.0 Å². The summed E-state index contributed by atoms with van der Waals surface area (Å²) >= 11 is 0. The van der Waals surface area contributed by atoms with Gasteiger partial charge < -0.3 is 9.84 Å². The van der Waals surface area contributed by atoms with Crippen molar-refractivity contribution in [2.24, 2.45) is 0 Å². The second-order valence-corrected chi connectivity index (χ2v) is 4.13. The Hall–Kier alpha value is -2.73. The van der Waals surface area contributed by atoms with Gasteiger partial charge in [-0.05, 0) is 18.2 Å². The Labute approximate surface area is 117 Å². The summed E-state index contributed by atoms with van der Waals surface area (Å²) in [6.07, 6.45) is -0.0533. The van der Waals surface area contributed by atoms with E-state index < -0.39 is 5.97 Å². The average Bonchev–Trinajstić information content (AvgIpc) is 2.46. The number of rotatable bonds is 4. The summed E-state index contributed by atoms with van der Waals surface area (Å²) in [5.74, 6) is 5.58. The standard InChI is InChI=1S/C17H14O3/c18-17(19)13-15-10-4-5-11-16(15)20-12-6-9-14-7-2-1-3-8-14/h1-5,7-8,10-11H,12-13H2,(H,18,19). The number of para-hydroxylation sites is 1. The first-order valence-corrected chi connectivity index (χ1v) is 6.22. The van der Waals surface area contributed by atoms with Gasteiger partial charge in [0, 0.05) is 11.1 Å². The molecule has 0 atom stereocenters. The van der Waals surface area contributed by atoms with Crippen molar-refractivity contribution >= 4 is 5.97 Å². The molecule has 3 nitrogen and oxygen atoms in total. The second kappa shape index (κ2) is 7.01. The molecule has 3 heteroatoms. The average molecular weight is 266 g/mol. The molecule has 1 N–H and O–H groups in total. The lowest BCUT2D eigenvalue weighted by Gasteiger charge is -2.07. The van der Waals surface area contributed by atoms with Gasteiger partial charge in [-0.25, -0.2) is 0 Å². The van der Waals surface area contributed by atoms with E-state index in [4.69, 9.17) is 9.84 Å². The van der Waals surface area contributed by atoms with E-state index in [1.807, 2.05) is 36.4 Å². The first kappa shape index (κ1) is 13.7. The summed E-state index contributed by atoms with van der Waals surface area (Å²) in [7, 11) is 0. The zero-order valence-electron chi connectivity index (χ0n) is 10.9. The number of aliphatic carboxylic acids is 1. The molecule has 0 saturated heterocycles. The Morgan fingerprint density at radius 3 is 2.50 bits per heavy atom. The maximum atomic E-state index is 10.8. The molecule has 0 amide bonds. The van der Waals surface area contributed by atoms with Crippen LogP contribution in [0.15, 0.2) is 54.6 Å². The van der Waals surface area contributed by atoms with E-state index in [1.54, 1.807) is 18.2 Å². The zero-order valence-corrected chi connectivity index (χ0v) is 10.9. The van der Waals surface area contributed by atoms with E-state index in [0.29, 0.717) is 11.3 Å². The van der Waals surface area contributed by atoms with E-state index in [0.717, 1.165) is 5.56 Å². The van der Waals surface area contributed by atoms with Crippen LogP contribution < -0.4 is 4.74 Å². The van der Waals surface area contributed by atoms with Gasteiger partial charge in [-0.15, -0.1) is 0 Å². The highest BCUT2D eigenvalue weighted by molar-refractivity contribution is 5.71. The predicted molar refractivity (Wildman–Crippen MR) is 76.6 cm³/mol. The SMILES string of the molecule is O=C(O)Cc1ccccc1OCC#Cc1ccccc1. The Balaban J connectivity index is 1.98. The number of ether oxygens (including phenoxy) is 1. The third-order valence-electron chi connectivity index (χ3n) is 2.62. The van der Waals surface area contributed by atoms with Crippen molar-refractivity contribution in [1.29, 1.82) is 0 Å². The van der Waals surface area contributed by atoms with Crippen molar-refractivity contribution in [2.45, 2.75) is 6.42 Å². The fraction of sp³-hybridized carbons (Fsp3) is 0.118. The van der Waals surface area contributed by atoms with Crippen molar-refractivity contribution in [3.8, 4) is 17.6 Å². The highest BCUT2D eigenvalue weighted by atomic mass is 16.5. The maximum absolute atomic E-state index is 10.8. The Kier molecular flexibility index (Phi) is 4.80. The van der Waals surface area contributed by atoms with Crippen molar-refractivity contribution in [2.75, 3.05) is 6.61 Å². The van der Waals surface area contributed by atoms with Crippen LogP contribution in [0.25, 0.3) is 0 Å². The minimum Gasteiger partial charge on any atom is -0.481 e. The molecule has 20 heavy (non-hydrogen) atoms. The van der Waals surface area contributed by atoms with E-state index in [9.17, 15) is 4.79 Å². The number of carboxylic acids is 1. The van der Waals surface area contributed by atoms with Gasteiger partial charge in [0.25, 0.3) is 0 Å². The molecule has 0 spiro atoms. The molecule has 0 aliphatic carbocycles.